The third-order valence-corrected chi connectivity index (χ3v) is 3.61. The van der Waals surface area contributed by atoms with E-state index in [0.29, 0.717) is 0 Å². The molecule has 0 N–H and O–H groups in total. The van der Waals surface area contributed by atoms with Crippen molar-refractivity contribution in [1.82, 2.24) is 9.97 Å². The van der Waals surface area contributed by atoms with Gasteiger partial charge in [-0.15, -0.1) is 0 Å². The average Bonchev–Trinajstić information content (AvgIpc) is 2.38. The highest BCUT2D eigenvalue weighted by Gasteiger charge is 2.38. The lowest BCUT2D eigenvalue weighted by Crippen LogP contribution is -2.43. The van der Waals surface area contributed by atoms with Crippen molar-refractivity contribution in [2.45, 2.75) is 26.7 Å². The van der Waals surface area contributed by atoms with Gasteiger partial charge >= 0.3 is 5.97 Å². The number of aromatic nitrogens is 2. The summed E-state index contributed by atoms with van der Waals surface area (Å²) < 4.78 is 4.87. The summed E-state index contributed by atoms with van der Waals surface area (Å²) in [5, 5.41) is 0. The molecule has 0 unspecified atom stereocenters. The van der Waals surface area contributed by atoms with Gasteiger partial charge in [0.2, 0.25) is 0 Å². The standard InChI is InChI=1S/C13H19N3O2/c1-10-8-14-9-11(15-10)16-6-4-13(2,5-7-16)12(17)18-3/h8-9H,4-7H2,1-3H3. The molecule has 1 fully saturated rings. The van der Waals surface area contributed by atoms with Gasteiger partial charge in [0.05, 0.1) is 24.4 Å². The first-order valence-electron chi connectivity index (χ1n) is 6.17. The Balaban J connectivity index is 2.05. The number of anilines is 1. The number of hydrogen-bond donors (Lipinski definition) is 0. The number of piperidine rings is 1. The molecular weight excluding hydrogens is 230 g/mol. The molecule has 1 aromatic rings. The quantitative estimate of drug-likeness (QED) is 0.745. The Labute approximate surface area is 107 Å². The predicted molar refractivity (Wildman–Crippen MR) is 68.3 cm³/mol. The molecule has 1 aliphatic heterocycles. The number of methoxy groups -OCH3 is 1. The van der Waals surface area contributed by atoms with Crippen LogP contribution in [0, 0.1) is 12.3 Å². The van der Waals surface area contributed by atoms with E-state index in [1.165, 1.54) is 7.11 Å². The number of ether oxygens (including phenoxy) is 1. The van der Waals surface area contributed by atoms with Crippen LogP contribution in [-0.2, 0) is 9.53 Å². The largest absolute Gasteiger partial charge is 0.469 e. The molecule has 0 radical (unpaired) electrons. The molecule has 0 bridgehead atoms. The monoisotopic (exact) mass is 249 g/mol. The number of aryl methyl sites for hydroxylation is 1. The summed E-state index contributed by atoms with van der Waals surface area (Å²) in [5.41, 5.74) is 0.552. The second kappa shape index (κ2) is 4.92. The molecule has 1 saturated heterocycles. The zero-order chi connectivity index (χ0) is 13.2. The molecule has 0 saturated carbocycles. The van der Waals surface area contributed by atoms with E-state index in [2.05, 4.69) is 14.9 Å². The second-order valence-corrected chi connectivity index (χ2v) is 5.06. The molecule has 98 valence electrons. The number of esters is 1. The van der Waals surface area contributed by atoms with Crippen LogP contribution in [0.4, 0.5) is 5.82 Å². The van der Waals surface area contributed by atoms with Gasteiger partial charge in [-0.2, -0.15) is 0 Å². The first-order chi connectivity index (χ1) is 8.55. The second-order valence-electron chi connectivity index (χ2n) is 5.06. The molecule has 0 atom stereocenters. The fourth-order valence-electron chi connectivity index (χ4n) is 2.28. The minimum Gasteiger partial charge on any atom is -0.469 e. The maximum absolute atomic E-state index is 11.7. The summed E-state index contributed by atoms with van der Waals surface area (Å²) in [6.45, 7) is 5.52. The predicted octanol–water partition coefficient (Wildman–Crippen LogP) is 1.56. The molecule has 2 heterocycles. The summed E-state index contributed by atoms with van der Waals surface area (Å²) in [7, 11) is 1.45. The van der Waals surface area contributed by atoms with Crippen molar-refractivity contribution in [3.63, 3.8) is 0 Å². The van der Waals surface area contributed by atoms with Gasteiger partial charge in [0.1, 0.15) is 5.82 Å². The minimum atomic E-state index is -0.359. The lowest BCUT2D eigenvalue weighted by Gasteiger charge is -2.37. The van der Waals surface area contributed by atoms with Crippen molar-refractivity contribution in [1.29, 1.82) is 0 Å². The number of nitrogens with zero attached hydrogens (tertiary/aromatic N) is 3. The maximum Gasteiger partial charge on any atom is 0.311 e. The normalized spacial score (nSPS) is 18.5. The van der Waals surface area contributed by atoms with E-state index in [1.54, 1.807) is 12.4 Å². The van der Waals surface area contributed by atoms with E-state index in [-0.39, 0.29) is 11.4 Å². The lowest BCUT2D eigenvalue weighted by atomic mass is 9.80. The Hall–Kier alpha value is -1.65. The molecule has 0 spiro atoms. The van der Waals surface area contributed by atoms with Crippen LogP contribution >= 0.6 is 0 Å². The zero-order valence-corrected chi connectivity index (χ0v) is 11.1. The molecule has 1 aliphatic rings. The maximum atomic E-state index is 11.7. The van der Waals surface area contributed by atoms with Crippen LogP contribution in [0.2, 0.25) is 0 Å². The number of rotatable bonds is 2. The molecular formula is C13H19N3O2. The Morgan fingerprint density at radius 1 is 1.39 bits per heavy atom. The Morgan fingerprint density at radius 2 is 2.06 bits per heavy atom. The highest BCUT2D eigenvalue weighted by molar-refractivity contribution is 5.76. The first kappa shape index (κ1) is 12.8. The van der Waals surface area contributed by atoms with Gasteiger partial charge in [0.25, 0.3) is 0 Å². The van der Waals surface area contributed by atoms with Crippen LogP contribution in [0.15, 0.2) is 12.4 Å². The summed E-state index contributed by atoms with van der Waals surface area (Å²) in [5.74, 6) is 0.777. The van der Waals surface area contributed by atoms with E-state index >= 15 is 0 Å². The zero-order valence-electron chi connectivity index (χ0n) is 11.1. The minimum absolute atomic E-state index is 0.113. The van der Waals surface area contributed by atoms with E-state index in [1.807, 2.05) is 13.8 Å². The van der Waals surface area contributed by atoms with Crippen molar-refractivity contribution < 1.29 is 9.53 Å². The van der Waals surface area contributed by atoms with Gasteiger partial charge in [-0.1, -0.05) is 0 Å². The van der Waals surface area contributed by atoms with E-state index in [4.69, 9.17) is 4.74 Å². The Bertz CT molecular complexity index is 440. The van der Waals surface area contributed by atoms with Gasteiger partial charge < -0.3 is 9.64 Å². The molecule has 18 heavy (non-hydrogen) atoms. The molecule has 1 aromatic heterocycles. The summed E-state index contributed by atoms with van der Waals surface area (Å²) in [6, 6.07) is 0. The summed E-state index contributed by atoms with van der Waals surface area (Å²) in [6.07, 6.45) is 5.09. The highest BCUT2D eigenvalue weighted by atomic mass is 16.5. The van der Waals surface area contributed by atoms with E-state index in [0.717, 1.165) is 37.4 Å². The van der Waals surface area contributed by atoms with Gasteiger partial charge in [0, 0.05) is 19.3 Å². The van der Waals surface area contributed by atoms with Crippen molar-refractivity contribution in [2.24, 2.45) is 5.41 Å². The van der Waals surface area contributed by atoms with Gasteiger partial charge in [-0.3, -0.25) is 9.78 Å². The van der Waals surface area contributed by atoms with Gasteiger partial charge in [0.15, 0.2) is 0 Å². The smallest absolute Gasteiger partial charge is 0.311 e. The number of carbonyl (C=O) groups is 1. The van der Waals surface area contributed by atoms with Crippen molar-refractivity contribution in [3.8, 4) is 0 Å². The van der Waals surface area contributed by atoms with Crippen LogP contribution in [0.25, 0.3) is 0 Å². The highest BCUT2D eigenvalue weighted by Crippen LogP contribution is 2.33. The average molecular weight is 249 g/mol. The lowest BCUT2D eigenvalue weighted by molar-refractivity contribution is -0.152. The topological polar surface area (TPSA) is 55.3 Å². The third-order valence-electron chi connectivity index (χ3n) is 3.61. The molecule has 0 aromatic carbocycles. The fraction of sp³-hybridized carbons (Fsp3) is 0.615. The SMILES string of the molecule is COC(=O)C1(C)CCN(c2cncc(C)n2)CC1. The molecule has 2 rings (SSSR count). The summed E-state index contributed by atoms with van der Waals surface area (Å²) >= 11 is 0. The summed E-state index contributed by atoms with van der Waals surface area (Å²) in [4.78, 5) is 22.5. The molecule has 0 amide bonds. The molecule has 0 aliphatic carbocycles. The van der Waals surface area contributed by atoms with Gasteiger partial charge in [-0.25, -0.2) is 4.98 Å². The third kappa shape index (κ3) is 2.44. The van der Waals surface area contributed by atoms with Gasteiger partial charge in [-0.05, 0) is 26.7 Å². The van der Waals surface area contributed by atoms with E-state index < -0.39 is 0 Å². The van der Waals surface area contributed by atoms with Crippen LogP contribution in [0.5, 0.6) is 0 Å². The van der Waals surface area contributed by atoms with Crippen LogP contribution in [0.1, 0.15) is 25.5 Å². The molecule has 5 nitrogen and oxygen atoms in total. The van der Waals surface area contributed by atoms with Crippen molar-refractivity contribution in [2.75, 3.05) is 25.1 Å². The Morgan fingerprint density at radius 3 is 2.61 bits per heavy atom. The van der Waals surface area contributed by atoms with Crippen LogP contribution in [0.3, 0.4) is 0 Å². The van der Waals surface area contributed by atoms with E-state index in [9.17, 15) is 4.79 Å². The number of hydrogen-bond acceptors (Lipinski definition) is 5. The molecule has 5 heteroatoms. The van der Waals surface area contributed by atoms with Crippen LogP contribution in [-0.4, -0.2) is 36.1 Å². The Kier molecular flexibility index (Phi) is 3.50. The fourth-order valence-corrected chi connectivity index (χ4v) is 2.28. The number of carbonyl (C=O) groups excluding carboxylic acids is 1. The first-order valence-corrected chi connectivity index (χ1v) is 6.17. The van der Waals surface area contributed by atoms with Crippen molar-refractivity contribution >= 4 is 11.8 Å². The van der Waals surface area contributed by atoms with Crippen molar-refractivity contribution in [3.05, 3.63) is 18.1 Å². The van der Waals surface area contributed by atoms with Crippen LogP contribution < -0.4 is 4.90 Å².